The summed E-state index contributed by atoms with van der Waals surface area (Å²) >= 11 is 7.49. The summed E-state index contributed by atoms with van der Waals surface area (Å²) in [6.07, 6.45) is 1.71. The molecule has 0 aliphatic rings. The van der Waals surface area contributed by atoms with Crippen LogP contribution in [-0.4, -0.2) is 31.3 Å². The van der Waals surface area contributed by atoms with Crippen molar-refractivity contribution in [1.82, 2.24) is 14.8 Å². The molecule has 0 fully saturated rings. The number of amides is 1. The number of hydrogen-bond donors (Lipinski definition) is 1. The van der Waals surface area contributed by atoms with E-state index in [4.69, 9.17) is 11.6 Å². The van der Waals surface area contributed by atoms with Crippen molar-refractivity contribution in [3.63, 3.8) is 0 Å². The third-order valence-electron chi connectivity index (χ3n) is 3.84. The molecule has 0 unspecified atom stereocenters. The zero-order valence-corrected chi connectivity index (χ0v) is 16.7. The number of non-ortho nitro benzene ring substituents is 1. The Morgan fingerprint density at radius 1 is 1.24 bits per heavy atom. The number of thioether (sulfide) groups is 1. The number of nitrogens with one attached hydrogen (secondary N) is 1. The molecular weight excluding hydrogens is 414 g/mol. The van der Waals surface area contributed by atoms with E-state index < -0.39 is 4.92 Å². The first-order valence-electron chi connectivity index (χ1n) is 8.45. The minimum atomic E-state index is -0.496. The molecule has 148 valence electrons. The van der Waals surface area contributed by atoms with Crippen molar-refractivity contribution in [2.24, 2.45) is 0 Å². The molecule has 2 aromatic carbocycles. The van der Waals surface area contributed by atoms with Gasteiger partial charge in [0.2, 0.25) is 5.91 Å². The summed E-state index contributed by atoms with van der Waals surface area (Å²) in [4.78, 5) is 22.4. The molecule has 0 bridgehead atoms. The Bertz CT molecular complexity index is 1050. The lowest BCUT2D eigenvalue weighted by Gasteiger charge is -2.09. The van der Waals surface area contributed by atoms with E-state index in [0.29, 0.717) is 28.2 Å². The van der Waals surface area contributed by atoms with Crippen molar-refractivity contribution in [2.75, 3.05) is 11.1 Å². The van der Waals surface area contributed by atoms with E-state index in [-0.39, 0.29) is 17.3 Å². The minimum Gasteiger partial charge on any atom is -0.325 e. The standard InChI is InChI=1S/C19H16ClN5O3S/c1-2-11-24-18(15-5-3-4-6-16(15)20)22-23-19(24)29-12-17(26)21-13-7-9-14(10-8-13)25(27)28/h2-10H,1,11-12H2,(H,21,26). The minimum absolute atomic E-state index is 0.0398. The molecule has 0 aliphatic heterocycles. The highest BCUT2D eigenvalue weighted by atomic mass is 35.5. The average molecular weight is 430 g/mol. The predicted molar refractivity (Wildman–Crippen MR) is 113 cm³/mol. The van der Waals surface area contributed by atoms with Crippen LogP contribution in [0.1, 0.15) is 0 Å². The maximum Gasteiger partial charge on any atom is 0.269 e. The van der Waals surface area contributed by atoms with Gasteiger partial charge >= 0.3 is 0 Å². The summed E-state index contributed by atoms with van der Waals surface area (Å²) in [6.45, 7) is 4.22. The molecule has 1 N–H and O–H groups in total. The van der Waals surface area contributed by atoms with Gasteiger partial charge in [-0.2, -0.15) is 0 Å². The van der Waals surface area contributed by atoms with Crippen LogP contribution in [0.25, 0.3) is 11.4 Å². The quantitative estimate of drug-likeness (QED) is 0.246. The number of anilines is 1. The second kappa shape index (κ2) is 9.35. The Balaban J connectivity index is 1.70. The summed E-state index contributed by atoms with van der Waals surface area (Å²) in [6, 6.07) is 12.9. The van der Waals surface area contributed by atoms with E-state index in [2.05, 4.69) is 22.1 Å². The molecule has 1 amide bonds. The molecule has 0 atom stereocenters. The molecule has 3 aromatic rings. The monoisotopic (exact) mass is 429 g/mol. The van der Waals surface area contributed by atoms with Crippen LogP contribution in [0.4, 0.5) is 11.4 Å². The number of nitrogens with zero attached hydrogens (tertiary/aromatic N) is 4. The summed E-state index contributed by atoms with van der Waals surface area (Å²) < 4.78 is 1.83. The Kier molecular flexibility index (Phi) is 6.63. The number of nitro benzene ring substituents is 1. The van der Waals surface area contributed by atoms with E-state index >= 15 is 0 Å². The van der Waals surface area contributed by atoms with E-state index in [1.165, 1.54) is 36.0 Å². The number of benzene rings is 2. The number of halogens is 1. The number of hydrogen-bond acceptors (Lipinski definition) is 6. The molecular formula is C19H16ClN5O3S. The zero-order chi connectivity index (χ0) is 20.8. The van der Waals surface area contributed by atoms with Gasteiger partial charge in [0.1, 0.15) is 0 Å². The van der Waals surface area contributed by atoms with Crippen molar-refractivity contribution in [3.05, 3.63) is 76.3 Å². The fourth-order valence-corrected chi connectivity index (χ4v) is 3.49. The molecule has 0 saturated carbocycles. The van der Waals surface area contributed by atoms with Gasteiger partial charge in [0.25, 0.3) is 5.69 Å². The molecule has 0 spiro atoms. The Hall–Kier alpha value is -3.17. The van der Waals surface area contributed by atoms with Gasteiger partial charge in [-0.05, 0) is 24.3 Å². The van der Waals surface area contributed by atoms with Crippen LogP contribution in [0.3, 0.4) is 0 Å². The van der Waals surface area contributed by atoms with Crippen molar-refractivity contribution < 1.29 is 9.72 Å². The summed E-state index contributed by atoms with van der Waals surface area (Å²) in [5.41, 5.74) is 1.18. The van der Waals surface area contributed by atoms with Gasteiger partial charge in [0.05, 0.1) is 15.7 Å². The largest absolute Gasteiger partial charge is 0.325 e. The van der Waals surface area contributed by atoms with Crippen LogP contribution in [0.5, 0.6) is 0 Å². The fraction of sp³-hybridized carbons (Fsp3) is 0.105. The first kappa shape index (κ1) is 20.6. The molecule has 10 heteroatoms. The van der Waals surface area contributed by atoms with Crippen LogP contribution in [0, 0.1) is 10.1 Å². The van der Waals surface area contributed by atoms with E-state index in [1.54, 1.807) is 12.1 Å². The summed E-state index contributed by atoms with van der Waals surface area (Å²) in [5.74, 6) is 0.416. The van der Waals surface area contributed by atoms with Gasteiger partial charge in [-0.15, -0.1) is 16.8 Å². The van der Waals surface area contributed by atoms with Gasteiger partial charge in [-0.3, -0.25) is 19.5 Å². The lowest BCUT2D eigenvalue weighted by Crippen LogP contribution is -2.14. The van der Waals surface area contributed by atoms with Gasteiger partial charge < -0.3 is 5.32 Å². The zero-order valence-electron chi connectivity index (χ0n) is 15.1. The van der Waals surface area contributed by atoms with Crippen molar-refractivity contribution in [3.8, 4) is 11.4 Å². The van der Waals surface area contributed by atoms with Crippen LogP contribution in [0.15, 0.2) is 66.3 Å². The Morgan fingerprint density at radius 2 is 1.97 bits per heavy atom. The summed E-state index contributed by atoms with van der Waals surface area (Å²) in [5, 5.41) is 22.9. The van der Waals surface area contributed by atoms with Gasteiger partial charge in [-0.1, -0.05) is 41.6 Å². The highest BCUT2D eigenvalue weighted by molar-refractivity contribution is 7.99. The number of allylic oxidation sites excluding steroid dienone is 1. The fourth-order valence-electron chi connectivity index (χ4n) is 2.52. The maximum absolute atomic E-state index is 12.2. The highest BCUT2D eigenvalue weighted by Crippen LogP contribution is 2.29. The highest BCUT2D eigenvalue weighted by Gasteiger charge is 2.17. The first-order chi connectivity index (χ1) is 14.0. The predicted octanol–water partition coefficient (Wildman–Crippen LogP) is 4.42. The van der Waals surface area contributed by atoms with E-state index in [9.17, 15) is 14.9 Å². The topological polar surface area (TPSA) is 103 Å². The van der Waals surface area contributed by atoms with Crippen molar-refractivity contribution in [2.45, 2.75) is 11.7 Å². The molecule has 0 aliphatic carbocycles. The van der Waals surface area contributed by atoms with E-state index in [0.717, 1.165) is 5.56 Å². The summed E-state index contributed by atoms with van der Waals surface area (Å²) in [7, 11) is 0. The number of carbonyl (C=O) groups excluding carboxylic acids is 1. The van der Waals surface area contributed by atoms with Crippen molar-refractivity contribution in [1.29, 1.82) is 0 Å². The van der Waals surface area contributed by atoms with Crippen LogP contribution in [-0.2, 0) is 11.3 Å². The van der Waals surface area contributed by atoms with Gasteiger partial charge in [-0.25, -0.2) is 0 Å². The van der Waals surface area contributed by atoms with E-state index in [1.807, 2.05) is 22.8 Å². The second-order valence-corrected chi connectivity index (χ2v) is 7.18. The number of aromatic nitrogens is 3. The van der Waals surface area contributed by atoms with Crippen LogP contribution < -0.4 is 5.32 Å². The Labute approximate surface area is 175 Å². The smallest absolute Gasteiger partial charge is 0.269 e. The third kappa shape index (κ3) is 5.01. The SMILES string of the molecule is C=CCn1c(SCC(=O)Nc2ccc([N+](=O)[O-])cc2)nnc1-c1ccccc1Cl. The molecule has 3 rings (SSSR count). The number of rotatable bonds is 8. The van der Waals surface area contributed by atoms with Gasteiger partial charge in [0.15, 0.2) is 11.0 Å². The molecule has 29 heavy (non-hydrogen) atoms. The lowest BCUT2D eigenvalue weighted by molar-refractivity contribution is -0.384. The maximum atomic E-state index is 12.2. The Morgan fingerprint density at radius 3 is 2.62 bits per heavy atom. The molecule has 8 nitrogen and oxygen atoms in total. The second-order valence-electron chi connectivity index (χ2n) is 5.83. The third-order valence-corrected chi connectivity index (χ3v) is 5.13. The molecule has 0 radical (unpaired) electrons. The average Bonchev–Trinajstić information content (AvgIpc) is 3.10. The lowest BCUT2D eigenvalue weighted by atomic mass is 10.2. The number of nitro groups is 1. The van der Waals surface area contributed by atoms with Gasteiger partial charge in [0, 0.05) is 29.9 Å². The first-order valence-corrected chi connectivity index (χ1v) is 9.82. The van der Waals surface area contributed by atoms with Crippen LogP contribution >= 0.6 is 23.4 Å². The molecule has 1 aromatic heterocycles. The normalized spacial score (nSPS) is 10.5. The number of carbonyl (C=O) groups is 1. The van der Waals surface area contributed by atoms with Crippen molar-refractivity contribution >= 4 is 40.6 Å². The molecule has 0 saturated heterocycles. The molecule has 1 heterocycles. The van der Waals surface area contributed by atoms with Crippen LogP contribution in [0.2, 0.25) is 5.02 Å².